The van der Waals surface area contributed by atoms with Crippen LogP contribution in [0, 0.1) is 12.7 Å². The molecule has 0 unspecified atom stereocenters. The molecule has 0 bridgehead atoms. The highest BCUT2D eigenvalue weighted by Crippen LogP contribution is 2.38. The molecule has 1 N–H and O–H groups in total. The van der Waals surface area contributed by atoms with Crippen LogP contribution in [0.3, 0.4) is 0 Å². The van der Waals surface area contributed by atoms with E-state index in [4.69, 9.17) is 34.8 Å². The van der Waals surface area contributed by atoms with Crippen molar-refractivity contribution in [3.8, 4) is 0 Å². The Kier molecular flexibility index (Phi) is 6.08. The monoisotopic (exact) mass is 393 g/mol. The average molecular weight is 395 g/mol. The Bertz CT molecular complexity index is 694. The van der Waals surface area contributed by atoms with Crippen LogP contribution in [0.1, 0.15) is 16.1 Å². The van der Waals surface area contributed by atoms with Crippen molar-refractivity contribution in [1.29, 1.82) is 0 Å². The molecule has 1 aromatic carbocycles. The largest absolute Gasteiger partial charge is 0.336 e. The van der Waals surface area contributed by atoms with E-state index in [1.165, 1.54) is 30.6 Å². The van der Waals surface area contributed by atoms with Crippen LogP contribution < -0.4 is 5.32 Å². The van der Waals surface area contributed by atoms with E-state index in [-0.39, 0.29) is 5.56 Å². The van der Waals surface area contributed by atoms with Gasteiger partial charge in [0.2, 0.25) is 3.79 Å². The third-order valence-electron chi connectivity index (χ3n) is 2.68. The second kappa shape index (κ2) is 7.66. The minimum absolute atomic E-state index is 0.255. The first-order valence-electron chi connectivity index (χ1n) is 6.34. The van der Waals surface area contributed by atoms with Gasteiger partial charge in [0.15, 0.2) is 0 Å². The van der Waals surface area contributed by atoms with Crippen molar-refractivity contribution in [2.24, 2.45) is 0 Å². The molecular formula is C14H11Cl3FN3OS. The molecule has 0 fully saturated rings. The number of carbonyl (C=O) groups is 1. The number of aromatic nitrogens is 2. The Balaban J connectivity index is 2.16. The summed E-state index contributed by atoms with van der Waals surface area (Å²) >= 11 is 18.9. The molecule has 23 heavy (non-hydrogen) atoms. The van der Waals surface area contributed by atoms with Crippen LogP contribution in [0.4, 0.5) is 4.39 Å². The second-order valence-electron chi connectivity index (χ2n) is 4.52. The van der Waals surface area contributed by atoms with Crippen LogP contribution in [0.25, 0.3) is 0 Å². The predicted molar refractivity (Wildman–Crippen MR) is 90.6 cm³/mol. The van der Waals surface area contributed by atoms with E-state index in [1.807, 2.05) is 0 Å². The van der Waals surface area contributed by atoms with Crippen LogP contribution in [-0.2, 0) is 0 Å². The quantitative estimate of drug-likeness (QED) is 0.366. The normalized spacial score (nSPS) is 12.7. The fourth-order valence-corrected chi connectivity index (χ4v) is 3.05. The first-order chi connectivity index (χ1) is 10.8. The maximum Gasteiger partial charge on any atom is 0.252 e. The Labute approximate surface area is 151 Å². The molecule has 0 spiro atoms. The molecule has 0 radical (unpaired) electrons. The van der Waals surface area contributed by atoms with E-state index in [9.17, 15) is 9.18 Å². The van der Waals surface area contributed by atoms with Crippen LogP contribution in [0.5, 0.6) is 0 Å². The van der Waals surface area contributed by atoms with Crippen LogP contribution in [-0.4, -0.2) is 25.0 Å². The summed E-state index contributed by atoms with van der Waals surface area (Å²) < 4.78 is 11.1. The third-order valence-corrected chi connectivity index (χ3v) is 4.90. The minimum Gasteiger partial charge on any atom is -0.336 e. The molecule has 122 valence electrons. The van der Waals surface area contributed by atoms with E-state index < -0.39 is 20.9 Å². The zero-order chi connectivity index (χ0) is 17.0. The minimum atomic E-state index is -1.76. The van der Waals surface area contributed by atoms with Crippen molar-refractivity contribution < 1.29 is 9.18 Å². The summed E-state index contributed by atoms with van der Waals surface area (Å²) in [5, 5.41) is 2.27. The highest BCUT2D eigenvalue weighted by Gasteiger charge is 2.35. The second-order valence-corrected chi connectivity index (χ2v) is 8.01. The summed E-state index contributed by atoms with van der Waals surface area (Å²) in [4.78, 5) is 20.3. The van der Waals surface area contributed by atoms with Crippen molar-refractivity contribution in [2.45, 2.75) is 21.1 Å². The van der Waals surface area contributed by atoms with Crippen LogP contribution in [0.2, 0.25) is 0 Å². The maximum atomic E-state index is 12.9. The standard InChI is InChI=1S/C14H11Cl3FN3OS/c1-8-6-11(20-7-19-8)23-13(14(15,16)17)21-12(22)9-2-4-10(18)5-3-9/h2-7,13H,1H3,(H,21,22)/t13-/m1/s1. The molecule has 2 aromatic rings. The van der Waals surface area contributed by atoms with Gasteiger partial charge in [-0.2, -0.15) is 0 Å². The molecule has 9 heteroatoms. The fraction of sp³-hybridized carbons (Fsp3) is 0.214. The summed E-state index contributed by atoms with van der Waals surface area (Å²) in [6.45, 7) is 1.80. The Morgan fingerprint density at radius 1 is 1.26 bits per heavy atom. The highest BCUT2D eigenvalue weighted by molar-refractivity contribution is 8.00. The Morgan fingerprint density at radius 3 is 2.48 bits per heavy atom. The summed E-state index contributed by atoms with van der Waals surface area (Å²) in [5.41, 5.74) is 1.00. The summed E-state index contributed by atoms with van der Waals surface area (Å²) in [7, 11) is 0. The van der Waals surface area contributed by atoms with Crippen LogP contribution in [0.15, 0.2) is 41.7 Å². The zero-order valence-electron chi connectivity index (χ0n) is 11.8. The number of carbonyl (C=O) groups excluding carboxylic acids is 1. The smallest absolute Gasteiger partial charge is 0.252 e. The molecule has 2 rings (SSSR count). The molecule has 1 aromatic heterocycles. The van der Waals surface area contributed by atoms with Crippen molar-refractivity contribution in [2.75, 3.05) is 0 Å². The molecule has 1 heterocycles. The molecule has 0 saturated heterocycles. The Hall–Kier alpha value is -1.08. The van der Waals surface area contributed by atoms with Gasteiger partial charge in [0, 0.05) is 11.3 Å². The first-order valence-corrected chi connectivity index (χ1v) is 8.35. The Morgan fingerprint density at radius 2 is 1.91 bits per heavy atom. The van der Waals surface area contributed by atoms with Gasteiger partial charge < -0.3 is 5.32 Å². The molecule has 0 aliphatic rings. The number of halogens is 4. The van der Waals surface area contributed by atoms with E-state index in [0.29, 0.717) is 5.03 Å². The van der Waals surface area contributed by atoms with E-state index >= 15 is 0 Å². The van der Waals surface area contributed by atoms with Gasteiger partial charge in [-0.3, -0.25) is 4.79 Å². The van der Waals surface area contributed by atoms with Gasteiger partial charge >= 0.3 is 0 Å². The number of thioether (sulfide) groups is 1. The summed E-state index contributed by atoms with van der Waals surface area (Å²) in [6, 6.07) is 6.76. The molecule has 0 aliphatic carbocycles. The number of nitrogens with one attached hydrogen (secondary N) is 1. The number of benzene rings is 1. The molecular weight excluding hydrogens is 384 g/mol. The van der Waals surface area contributed by atoms with Crippen molar-refractivity contribution in [1.82, 2.24) is 15.3 Å². The number of hydrogen-bond donors (Lipinski definition) is 1. The van der Waals surface area contributed by atoms with Gasteiger partial charge in [-0.05, 0) is 37.3 Å². The molecule has 4 nitrogen and oxygen atoms in total. The molecule has 0 saturated carbocycles. The van der Waals surface area contributed by atoms with Crippen molar-refractivity contribution in [3.05, 3.63) is 53.7 Å². The highest BCUT2D eigenvalue weighted by atomic mass is 35.6. The van der Waals surface area contributed by atoms with Crippen molar-refractivity contribution in [3.63, 3.8) is 0 Å². The van der Waals surface area contributed by atoms with Crippen LogP contribution >= 0.6 is 46.6 Å². The summed E-state index contributed by atoms with van der Waals surface area (Å²) in [6.07, 6.45) is 1.38. The average Bonchev–Trinajstić information content (AvgIpc) is 2.46. The van der Waals surface area contributed by atoms with E-state index in [1.54, 1.807) is 13.0 Å². The third kappa shape index (κ3) is 5.49. The lowest BCUT2D eigenvalue weighted by atomic mass is 10.2. The van der Waals surface area contributed by atoms with Gasteiger partial charge in [-0.25, -0.2) is 14.4 Å². The van der Waals surface area contributed by atoms with Gasteiger partial charge in [0.1, 0.15) is 22.5 Å². The van der Waals surface area contributed by atoms with Gasteiger partial charge in [-0.1, -0.05) is 46.6 Å². The van der Waals surface area contributed by atoms with Gasteiger partial charge in [0.25, 0.3) is 5.91 Å². The number of hydrogen-bond acceptors (Lipinski definition) is 4. The SMILES string of the molecule is Cc1cc(S[C@@H](NC(=O)c2ccc(F)cc2)C(Cl)(Cl)Cl)ncn1. The fourth-order valence-electron chi connectivity index (χ4n) is 1.60. The van der Waals surface area contributed by atoms with E-state index in [2.05, 4.69) is 15.3 Å². The zero-order valence-corrected chi connectivity index (χ0v) is 14.8. The topological polar surface area (TPSA) is 54.9 Å². The number of alkyl halides is 3. The lowest BCUT2D eigenvalue weighted by Crippen LogP contribution is -2.41. The van der Waals surface area contributed by atoms with Gasteiger partial charge in [-0.15, -0.1) is 0 Å². The number of nitrogens with zero attached hydrogens (tertiary/aromatic N) is 2. The molecule has 1 atom stereocenters. The lowest BCUT2D eigenvalue weighted by molar-refractivity contribution is 0.0950. The molecule has 0 aliphatic heterocycles. The number of aryl methyl sites for hydroxylation is 1. The van der Waals surface area contributed by atoms with Crippen molar-refractivity contribution >= 4 is 52.5 Å². The van der Waals surface area contributed by atoms with Gasteiger partial charge in [0.05, 0.1) is 0 Å². The maximum absolute atomic E-state index is 12.9. The predicted octanol–water partition coefficient (Wildman–Crippen LogP) is 4.14. The number of rotatable bonds is 4. The summed E-state index contributed by atoms with van der Waals surface area (Å²) in [5.74, 6) is -0.926. The molecule has 1 amide bonds. The van der Waals surface area contributed by atoms with E-state index in [0.717, 1.165) is 17.5 Å². The number of amides is 1. The first kappa shape index (κ1) is 18.3. The lowest BCUT2D eigenvalue weighted by Gasteiger charge is -2.24.